The summed E-state index contributed by atoms with van der Waals surface area (Å²) in [5, 5.41) is 2.18. The smallest absolute Gasteiger partial charge is 0.332 e. The van der Waals surface area contributed by atoms with Gasteiger partial charge in [0.2, 0.25) is 6.41 Å². The van der Waals surface area contributed by atoms with Gasteiger partial charge in [0.1, 0.15) is 12.9 Å². The maximum atomic E-state index is 12.2. The van der Waals surface area contributed by atoms with Crippen molar-refractivity contribution in [2.75, 3.05) is 6.54 Å². The fourth-order valence-corrected chi connectivity index (χ4v) is 2.05. The van der Waals surface area contributed by atoms with Gasteiger partial charge in [-0.2, -0.15) is 0 Å². The zero-order valence-electron chi connectivity index (χ0n) is 12.3. The molecule has 118 valence electrons. The molecule has 0 fully saturated rings. The van der Waals surface area contributed by atoms with Crippen LogP contribution in [0.25, 0.3) is 11.2 Å². The number of esters is 1. The first-order valence-electron chi connectivity index (χ1n) is 6.37. The van der Waals surface area contributed by atoms with Crippen molar-refractivity contribution in [3.63, 3.8) is 0 Å². The molecule has 0 saturated carbocycles. The molecular formula is C12H15N5O5. The predicted molar refractivity (Wildman–Crippen MR) is 75.1 cm³/mol. The van der Waals surface area contributed by atoms with E-state index in [0.717, 1.165) is 4.57 Å². The van der Waals surface area contributed by atoms with Crippen LogP contribution in [0, 0.1) is 0 Å². The second kappa shape index (κ2) is 5.84. The Labute approximate surface area is 123 Å². The number of rotatable bonds is 5. The van der Waals surface area contributed by atoms with Crippen molar-refractivity contribution in [3.05, 3.63) is 27.2 Å². The van der Waals surface area contributed by atoms with Crippen molar-refractivity contribution in [3.8, 4) is 0 Å². The normalized spacial score (nSPS) is 12.1. The van der Waals surface area contributed by atoms with Crippen molar-refractivity contribution in [2.45, 2.75) is 13.2 Å². The minimum Gasteiger partial charge on any atom is -0.440 e. The Morgan fingerprint density at radius 1 is 1.41 bits per heavy atom. The Morgan fingerprint density at radius 2 is 2.09 bits per heavy atom. The lowest BCUT2D eigenvalue weighted by atomic mass is 10.4. The number of aromatic nitrogens is 4. The molecule has 0 spiro atoms. The highest BCUT2D eigenvalue weighted by atomic mass is 16.6. The maximum Gasteiger partial charge on any atom is 0.332 e. The lowest BCUT2D eigenvalue weighted by molar-refractivity contribution is -0.151. The van der Waals surface area contributed by atoms with E-state index in [1.165, 1.54) is 29.6 Å². The second-order valence-electron chi connectivity index (χ2n) is 4.62. The summed E-state index contributed by atoms with van der Waals surface area (Å²) in [6, 6.07) is 0. The van der Waals surface area contributed by atoms with E-state index in [4.69, 9.17) is 4.74 Å². The predicted octanol–water partition coefficient (Wildman–Crippen LogP) is -1.76. The molecule has 0 aliphatic carbocycles. The SMILES string of the molecule is CC(OC(=O)CNC=O)n1cnc2c1c(=O)n(C)c(=O)n2C. The van der Waals surface area contributed by atoms with Gasteiger partial charge in [0, 0.05) is 14.1 Å². The number of nitrogens with zero attached hydrogens (tertiary/aromatic N) is 4. The van der Waals surface area contributed by atoms with Gasteiger partial charge in [0.25, 0.3) is 5.56 Å². The van der Waals surface area contributed by atoms with Crippen LogP contribution in [0.5, 0.6) is 0 Å². The molecule has 10 nitrogen and oxygen atoms in total. The van der Waals surface area contributed by atoms with Crippen LogP contribution < -0.4 is 16.6 Å². The van der Waals surface area contributed by atoms with Crippen LogP contribution in [-0.4, -0.2) is 37.6 Å². The number of imidazole rings is 1. The summed E-state index contributed by atoms with van der Waals surface area (Å²) >= 11 is 0. The van der Waals surface area contributed by atoms with Gasteiger partial charge in [-0.15, -0.1) is 0 Å². The lowest BCUT2D eigenvalue weighted by Gasteiger charge is -2.15. The summed E-state index contributed by atoms with van der Waals surface area (Å²) in [6.45, 7) is 1.27. The first-order valence-corrected chi connectivity index (χ1v) is 6.37. The van der Waals surface area contributed by atoms with Gasteiger partial charge in [-0.3, -0.25) is 28.1 Å². The first-order chi connectivity index (χ1) is 10.4. The van der Waals surface area contributed by atoms with E-state index >= 15 is 0 Å². The summed E-state index contributed by atoms with van der Waals surface area (Å²) in [5.41, 5.74) is -0.692. The van der Waals surface area contributed by atoms with Crippen molar-refractivity contribution >= 4 is 23.5 Å². The number of amides is 1. The maximum absolute atomic E-state index is 12.2. The average Bonchev–Trinajstić information content (AvgIpc) is 2.93. The number of hydrogen-bond donors (Lipinski definition) is 1. The topological polar surface area (TPSA) is 117 Å². The Kier molecular flexibility index (Phi) is 4.11. The van der Waals surface area contributed by atoms with Gasteiger partial charge in [0.15, 0.2) is 17.4 Å². The highest BCUT2D eigenvalue weighted by Crippen LogP contribution is 2.14. The number of carbonyl (C=O) groups is 2. The largest absolute Gasteiger partial charge is 0.440 e. The van der Waals surface area contributed by atoms with Crippen LogP contribution >= 0.6 is 0 Å². The molecule has 2 aromatic heterocycles. The van der Waals surface area contributed by atoms with Gasteiger partial charge >= 0.3 is 11.7 Å². The van der Waals surface area contributed by atoms with Gasteiger partial charge in [-0.25, -0.2) is 9.78 Å². The van der Waals surface area contributed by atoms with Crippen LogP contribution in [0.3, 0.4) is 0 Å². The molecule has 22 heavy (non-hydrogen) atoms. The Hall–Kier alpha value is -2.91. The van der Waals surface area contributed by atoms with Gasteiger partial charge in [0.05, 0.1) is 0 Å². The van der Waals surface area contributed by atoms with E-state index in [-0.39, 0.29) is 17.7 Å². The lowest BCUT2D eigenvalue weighted by Crippen LogP contribution is -2.38. The summed E-state index contributed by atoms with van der Waals surface area (Å²) in [6.07, 6.45) is 0.872. The molecule has 0 bridgehead atoms. The molecule has 1 atom stereocenters. The highest BCUT2D eigenvalue weighted by Gasteiger charge is 2.19. The number of nitrogens with one attached hydrogen (secondary N) is 1. The molecule has 1 amide bonds. The average molecular weight is 309 g/mol. The number of aryl methyl sites for hydroxylation is 1. The Morgan fingerprint density at radius 3 is 2.73 bits per heavy atom. The van der Waals surface area contributed by atoms with E-state index in [0.29, 0.717) is 6.41 Å². The fourth-order valence-electron chi connectivity index (χ4n) is 2.05. The Balaban J connectivity index is 2.45. The standard InChI is InChI=1S/C12H15N5O5/c1-7(22-8(19)4-13-6-18)17-5-14-10-9(17)11(20)16(3)12(21)15(10)2/h5-7H,4H2,1-3H3,(H,13,18). The van der Waals surface area contributed by atoms with Crippen LogP contribution in [0.2, 0.25) is 0 Å². The monoisotopic (exact) mass is 309 g/mol. The summed E-state index contributed by atoms with van der Waals surface area (Å²) in [4.78, 5) is 49.7. The van der Waals surface area contributed by atoms with Crippen molar-refractivity contribution in [2.24, 2.45) is 14.1 Å². The Bertz CT molecular complexity index is 846. The van der Waals surface area contributed by atoms with Crippen molar-refractivity contribution in [1.82, 2.24) is 24.0 Å². The van der Waals surface area contributed by atoms with E-state index in [1.54, 1.807) is 6.92 Å². The molecule has 1 unspecified atom stereocenters. The quantitative estimate of drug-likeness (QED) is 0.516. The number of hydrogen-bond acceptors (Lipinski definition) is 6. The molecule has 0 aliphatic heterocycles. The minimum absolute atomic E-state index is 0.147. The summed E-state index contributed by atoms with van der Waals surface area (Å²) in [7, 11) is 2.85. The molecule has 2 aromatic rings. The minimum atomic E-state index is -0.823. The highest BCUT2D eigenvalue weighted by molar-refractivity contribution is 5.74. The molecule has 0 aliphatic rings. The van der Waals surface area contributed by atoms with E-state index in [1.807, 2.05) is 0 Å². The number of fused-ring (bicyclic) bond motifs is 1. The zero-order valence-corrected chi connectivity index (χ0v) is 12.3. The van der Waals surface area contributed by atoms with E-state index < -0.39 is 23.4 Å². The molecule has 0 saturated heterocycles. The number of carbonyl (C=O) groups excluding carboxylic acids is 2. The van der Waals surface area contributed by atoms with Crippen LogP contribution in [0.15, 0.2) is 15.9 Å². The third kappa shape index (κ3) is 2.50. The molecule has 10 heteroatoms. The third-order valence-electron chi connectivity index (χ3n) is 3.20. The second-order valence-corrected chi connectivity index (χ2v) is 4.62. The first kappa shape index (κ1) is 15.5. The third-order valence-corrected chi connectivity index (χ3v) is 3.20. The van der Waals surface area contributed by atoms with Gasteiger partial charge < -0.3 is 10.1 Å². The van der Waals surface area contributed by atoms with Crippen molar-refractivity contribution in [1.29, 1.82) is 0 Å². The fraction of sp³-hybridized carbons (Fsp3) is 0.417. The zero-order chi connectivity index (χ0) is 16.4. The molecular weight excluding hydrogens is 294 g/mol. The van der Waals surface area contributed by atoms with Gasteiger partial charge in [-0.05, 0) is 6.92 Å². The number of ether oxygens (including phenoxy) is 1. The van der Waals surface area contributed by atoms with Crippen LogP contribution in [0.1, 0.15) is 13.2 Å². The molecule has 0 radical (unpaired) electrons. The van der Waals surface area contributed by atoms with Crippen LogP contribution in [-0.2, 0) is 28.4 Å². The van der Waals surface area contributed by atoms with Gasteiger partial charge in [-0.1, -0.05) is 0 Å². The summed E-state index contributed by atoms with van der Waals surface area (Å²) in [5.74, 6) is -0.664. The van der Waals surface area contributed by atoms with Crippen molar-refractivity contribution < 1.29 is 14.3 Å². The van der Waals surface area contributed by atoms with Crippen LogP contribution in [0.4, 0.5) is 0 Å². The van der Waals surface area contributed by atoms with E-state index in [2.05, 4.69) is 10.3 Å². The molecule has 0 aromatic carbocycles. The molecule has 1 N–H and O–H groups in total. The van der Waals surface area contributed by atoms with E-state index in [9.17, 15) is 19.2 Å². The molecule has 2 rings (SSSR count). The molecule has 2 heterocycles. The summed E-state index contributed by atoms with van der Waals surface area (Å²) < 4.78 is 8.63.